The lowest BCUT2D eigenvalue weighted by Gasteiger charge is -2.14. The van der Waals surface area contributed by atoms with Crippen LogP contribution in [0.15, 0.2) is 29.2 Å². The molecule has 2 rings (SSSR count). The number of nitrogens with one attached hydrogen (secondary N) is 1. The van der Waals surface area contributed by atoms with E-state index in [-0.39, 0.29) is 22.7 Å². The molecule has 2 unspecified atom stereocenters. The van der Waals surface area contributed by atoms with Crippen LogP contribution in [0.3, 0.4) is 0 Å². The van der Waals surface area contributed by atoms with Crippen LogP contribution in [0.25, 0.3) is 0 Å². The Balaban J connectivity index is 2.02. The molecule has 1 aliphatic heterocycles. The van der Waals surface area contributed by atoms with Crippen molar-refractivity contribution in [1.29, 1.82) is 0 Å². The molecule has 2 atom stereocenters. The van der Waals surface area contributed by atoms with E-state index in [0.717, 1.165) is 12.8 Å². The summed E-state index contributed by atoms with van der Waals surface area (Å²) in [4.78, 5) is 12.2. The molecule has 1 fully saturated rings. The standard InChI is InChI=1S/C16H23NO5S/c1-3-15(21-2)16(18)17-12-6-8-14(9-7-12)23(19,20)11-13-5-4-10-22-13/h6-9,13,15H,3-5,10-11H2,1-2H3,(H,17,18). The maximum Gasteiger partial charge on any atom is 0.253 e. The fraction of sp³-hybridized carbons (Fsp3) is 0.562. The van der Waals surface area contributed by atoms with E-state index in [4.69, 9.17) is 9.47 Å². The Labute approximate surface area is 137 Å². The summed E-state index contributed by atoms with van der Waals surface area (Å²) in [5.41, 5.74) is 0.543. The highest BCUT2D eigenvalue weighted by molar-refractivity contribution is 7.91. The van der Waals surface area contributed by atoms with E-state index in [1.54, 1.807) is 12.1 Å². The highest BCUT2D eigenvalue weighted by Gasteiger charge is 2.25. The van der Waals surface area contributed by atoms with Crippen LogP contribution in [0, 0.1) is 0 Å². The van der Waals surface area contributed by atoms with Gasteiger partial charge in [0.15, 0.2) is 9.84 Å². The molecule has 7 heteroatoms. The fourth-order valence-electron chi connectivity index (χ4n) is 2.54. The molecule has 1 aliphatic rings. The van der Waals surface area contributed by atoms with Gasteiger partial charge in [0.1, 0.15) is 6.10 Å². The van der Waals surface area contributed by atoms with Crippen molar-refractivity contribution in [1.82, 2.24) is 0 Å². The van der Waals surface area contributed by atoms with Crippen molar-refractivity contribution in [3.63, 3.8) is 0 Å². The molecular formula is C16H23NO5S. The first-order valence-electron chi connectivity index (χ1n) is 7.74. The zero-order valence-corrected chi connectivity index (χ0v) is 14.3. The Morgan fingerprint density at radius 3 is 2.61 bits per heavy atom. The number of carbonyl (C=O) groups excluding carboxylic acids is 1. The van der Waals surface area contributed by atoms with Gasteiger partial charge in [-0.15, -0.1) is 0 Å². The van der Waals surface area contributed by atoms with Gasteiger partial charge in [0.25, 0.3) is 5.91 Å². The van der Waals surface area contributed by atoms with Crippen LogP contribution in [-0.2, 0) is 24.1 Å². The topological polar surface area (TPSA) is 81.7 Å². The van der Waals surface area contributed by atoms with Crippen molar-refractivity contribution < 1.29 is 22.7 Å². The predicted molar refractivity (Wildman–Crippen MR) is 87.2 cm³/mol. The second-order valence-electron chi connectivity index (χ2n) is 5.56. The van der Waals surface area contributed by atoms with Crippen LogP contribution in [0.5, 0.6) is 0 Å². The average molecular weight is 341 g/mol. The summed E-state index contributed by atoms with van der Waals surface area (Å²) < 4.78 is 35.1. The van der Waals surface area contributed by atoms with Crippen molar-refractivity contribution in [2.24, 2.45) is 0 Å². The molecule has 0 bridgehead atoms. The minimum atomic E-state index is -3.38. The smallest absolute Gasteiger partial charge is 0.253 e. The van der Waals surface area contributed by atoms with Gasteiger partial charge in [-0.3, -0.25) is 4.79 Å². The molecule has 1 aromatic carbocycles. The minimum absolute atomic E-state index is 0.000287. The third-order valence-corrected chi connectivity index (χ3v) is 5.66. The number of carbonyl (C=O) groups is 1. The van der Waals surface area contributed by atoms with E-state index in [1.165, 1.54) is 19.2 Å². The van der Waals surface area contributed by atoms with Gasteiger partial charge in [0.2, 0.25) is 0 Å². The summed E-state index contributed by atoms with van der Waals surface area (Å²) in [6, 6.07) is 6.19. The first-order chi connectivity index (χ1) is 11.0. The first-order valence-corrected chi connectivity index (χ1v) is 9.39. The Kier molecular flexibility index (Phi) is 6.15. The number of ether oxygens (including phenoxy) is 2. The van der Waals surface area contributed by atoms with Gasteiger partial charge in [0.05, 0.1) is 16.8 Å². The monoisotopic (exact) mass is 341 g/mol. The maximum atomic E-state index is 12.3. The molecule has 1 N–H and O–H groups in total. The van der Waals surface area contributed by atoms with Crippen LogP contribution in [-0.4, -0.2) is 46.0 Å². The number of hydrogen-bond acceptors (Lipinski definition) is 5. The normalized spacial score (nSPS) is 19.5. The molecule has 23 heavy (non-hydrogen) atoms. The zero-order chi connectivity index (χ0) is 16.9. The third-order valence-electron chi connectivity index (χ3n) is 3.86. The lowest BCUT2D eigenvalue weighted by Crippen LogP contribution is -2.28. The Hall–Kier alpha value is -1.44. The van der Waals surface area contributed by atoms with E-state index in [0.29, 0.717) is 18.7 Å². The highest BCUT2D eigenvalue weighted by atomic mass is 32.2. The van der Waals surface area contributed by atoms with Crippen molar-refractivity contribution in [3.8, 4) is 0 Å². The number of hydrogen-bond donors (Lipinski definition) is 1. The second-order valence-corrected chi connectivity index (χ2v) is 7.60. The van der Waals surface area contributed by atoms with Crippen molar-refractivity contribution in [2.45, 2.75) is 43.3 Å². The number of amides is 1. The molecule has 6 nitrogen and oxygen atoms in total. The SMILES string of the molecule is CCC(OC)C(=O)Nc1ccc(S(=O)(=O)CC2CCCO2)cc1. The molecule has 1 saturated heterocycles. The van der Waals surface area contributed by atoms with Crippen LogP contribution in [0.2, 0.25) is 0 Å². The first kappa shape index (κ1) is 17.9. The largest absolute Gasteiger partial charge is 0.377 e. The minimum Gasteiger partial charge on any atom is -0.377 e. The molecule has 0 aliphatic carbocycles. The summed E-state index contributed by atoms with van der Waals surface area (Å²) in [6.07, 6.45) is 1.52. The summed E-state index contributed by atoms with van der Waals surface area (Å²) in [5, 5.41) is 2.71. The van der Waals surface area contributed by atoms with Crippen LogP contribution < -0.4 is 5.32 Å². The van der Waals surface area contributed by atoms with Crippen molar-refractivity contribution in [3.05, 3.63) is 24.3 Å². The molecule has 0 aromatic heterocycles. The average Bonchev–Trinajstić information content (AvgIpc) is 3.01. The van der Waals surface area contributed by atoms with E-state index in [9.17, 15) is 13.2 Å². The van der Waals surface area contributed by atoms with E-state index in [2.05, 4.69) is 5.32 Å². The molecule has 0 spiro atoms. The maximum absolute atomic E-state index is 12.3. The zero-order valence-electron chi connectivity index (χ0n) is 13.4. The molecule has 128 valence electrons. The molecule has 1 heterocycles. The van der Waals surface area contributed by atoms with Gasteiger partial charge < -0.3 is 14.8 Å². The number of sulfone groups is 1. The van der Waals surface area contributed by atoms with Crippen molar-refractivity contribution in [2.75, 3.05) is 24.8 Å². The number of anilines is 1. The van der Waals surface area contributed by atoms with E-state index >= 15 is 0 Å². The number of methoxy groups -OCH3 is 1. The van der Waals surface area contributed by atoms with Crippen LogP contribution in [0.1, 0.15) is 26.2 Å². The number of benzene rings is 1. The highest BCUT2D eigenvalue weighted by Crippen LogP contribution is 2.20. The van der Waals surface area contributed by atoms with Gasteiger partial charge in [-0.05, 0) is 43.5 Å². The third kappa shape index (κ3) is 4.76. The lowest BCUT2D eigenvalue weighted by molar-refractivity contribution is -0.125. The molecule has 1 aromatic rings. The van der Waals surface area contributed by atoms with Crippen LogP contribution >= 0.6 is 0 Å². The molecule has 1 amide bonds. The molecular weight excluding hydrogens is 318 g/mol. The predicted octanol–water partition coefficient (Wildman–Crippen LogP) is 2.00. The van der Waals surface area contributed by atoms with Crippen molar-refractivity contribution >= 4 is 21.4 Å². The van der Waals surface area contributed by atoms with E-state index in [1.807, 2.05) is 6.92 Å². The summed E-state index contributed by atoms with van der Waals surface area (Å²) in [6.45, 7) is 2.48. The summed E-state index contributed by atoms with van der Waals surface area (Å²) >= 11 is 0. The van der Waals surface area contributed by atoms with E-state index < -0.39 is 15.9 Å². The lowest BCUT2D eigenvalue weighted by atomic mass is 10.2. The fourth-order valence-corrected chi connectivity index (χ4v) is 4.04. The van der Waals surface area contributed by atoms with Gasteiger partial charge in [-0.2, -0.15) is 0 Å². The summed E-state index contributed by atoms with van der Waals surface area (Å²) in [7, 11) is -1.90. The van der Waals surface area contributed by atoms with Gasteiger partial charge >= 0.3 is 0 Å². The number of rotatable bonds is 7. The Bertz CT molecular complexity index is 616. The Morgan fingerprint density at radius 2 is 2.09 bits per heavy atom. The molecule has 0 radical (unpaired) electrons. The second kappa shape index (κ2) is 7.90. The Morgan fingerprint density at radius 1 is 1.39 bits per heavy atom. The molecule has 0 saturated carbocycles. The van der Waals surface area contributed by atoms with Crippen LogP contribution in [0.4, 0.5) is 5.69 Å². The quantitative estimate of drug-likeness (QED) is 0.820. The van der Waals surface area contributed by atoms with Gasteiger partial charge in [0, 0.05) is 19.4 Å². The summed E-state index contributed by atoms with van der Waals surface area (Å²) in [5.74, 6) is -0.245. The van der Waals surface area contributed by atoms with Gasteiger partial charge in [-0.1, -0.05) is 6.92 Å². The van der Waals surface area contributed by atoms with Gasteiger partial charge in [-0.25, -0.2) is 8.42 Å².